The molecular weight excluding hydrogens is 759 g/mol. The number of nitrogens with one attached hydrogen (secondary N) is 2. The smallest absolute Gasteiger partial charge is 0.323 e. The number of amides is 2. The Bertz CT molecular complexity index is 2250. The van der Waals surface area contributed by atoms with Crippen LogP contribution in [-0.2, 0) is 6.42 Å². The van der Waals surface area contributed by atoms with Crippen LogP contribution in [0.1, 0.15) is 61.1 Å². The van der Waals surface area contributed by atoms with Crippen LogP contribution in [0.2, 0.25) is 10.0 Å². The van der Waals surface area contributed by atoms with Crippen molar-refractivity contribution in [1.82, 2.24) is 9.97 Å². The lowest BCUT2D eigenvalue weighted by Gasteiger charge is -2.17. The summed E-state index contributed by atoms with van der Waals surface area (Å²) in [6.45, 7) is 7.99. The second kappa shape index (κ2) is 22.2. The van der Waals surface area contributed by atoms with Crippen LogP contribution in [0, 0.1) is 25.4 Å². The van der Waals surface area contributed by atoms with Crippen LogP contribution in [-0.4, -0.2) is 16.0 Å². The van der Waals surface area contributed by atoms with E-state index >= 15 is 0 Å². The fourth-order valence-electron chi connectivity index (χ4n) is 5.21. The second-order valence-corrected chi connectivity index (χ2v) is 13.7. The molecule has 6 rings (SSSR count). The minimum atomic E-state index is -0.321. The van der Waals surface area contributed by atoms with E-state index in [1.165, 1.54) is 11.8 Å². The van der Waals surface area contributed by atoms with E-state index < -0.39 is 0 Å². The van der Waals surface area contributed by atoms with Crippen molar-refractivity contribution >= 4 is 57.9 Å². The summed E-state index contributed by atoms with van der Waals surface area (Å²) in [7, 11) is 0. The van der Waals surface area contributed by atoms with Gasteiger partial charge in [0.15, 0.2) is 11.6 Å². The summed E-state index contributed by atoms with van der Waals surface area (Å²) >= 11 is 11.9. The molecule has 0 spiro atoms. The Labute approximate surface area is 344 Å². The van der Waals surface area contributed by atoms with Crippen molar-refractivity contribution in [2.75, 3.05) is 27.8 Å². The van der Waals surface area contributed by atoms with Crippen molar-refractivity contribution in [2.24, 2.45) is 0 Å². The van der Waals surface area contributed by atoms with Crippen LogP contribution in [0.3, 0.4) is 0 Å². The van der Waals surface area contributed by atoms with Crippen molar-refractivity contribution < 1.29 is 14.3 Å². The highest BCUT2D eigenvalue weighted by molar-refractivity contribution is 6.30. The van der Waals surface area contributed by atoms with Gasteiger partial charge in [-0.25, -0.2) is 14.8 Å². The highest BCUT2D eigenvalue weighted by Crippen LogP contribution is 2.29. The number of nitrogens with zero attached hydrogens (tertiary/aromatic N) is 3. The van der Waals surface area contributed by atoms with Crippen molar-refractivity contribution in [3.8, 4) is 17.8 Å². The van der Waals surface area contributed by atoms with Crippen molar-refractivity contribution in [2.45, 2.75) is 53.6 Å². The number of nitriles is 1. The van der Waals surface area contributed by atoms with Gasteiger partial charge >= 0.3 is 6.03 Å². The predicted octanol–water partition coefficient (Wildman–Crippen LogP) is 11.1. The molecule has 13 heteroatoms. The maximum absolute atomic E-state index is 12.2. The molecule has 4 aromatic carbocycles. The van der Waals surface area contributed by atoms with E-state index in [9.17, 15) is 4.79 Å². The number of nitrogen functional groups attached to an aromatic ring is 3. The van der Waals surface area contributed by atoms with Gasteiger partial charge in [-0.3, -0.25) is 0 Å². The van der Waals surface area contributed by atoms with Crippen LogP contribution in [0.15, 0.2) is 122 Å². The molecule has 0 saturated carbocycles. The van der Waals surface area contributed by atoms with Gasteiger partial charge in [-0.1, -0.05) is 97.2 Å². The molecular formula is C44H48Cl2N8O3. The minimum absolute atomic E-state index is 0. The van der Waals surface area contributed by atoms with E-state index in [4.69, 9.17) is 50.4 Å². The van der Waals surface area contributed by atoms with Gasteiger partial charge in [0.25, 0.3) is 6.26 Å². The van der Waals surface area contributed by atoms with Gasteiger partial charge in [-0.15, -0.1) is 5.26 Å². The zero-order valence-corrected chi connectivity index (χ0v) is 33.0. The molecule has 0 aliphatic heterocycles. The zero-order valence-electron chi connectivity index (χ0n) is 31.5. The summed E-state index contributed by atoms with van der Waals surface area (Å²) in [5.74, 6) is 2.12. The van der Waals surface area contributed by atoms with Gasteiger partial charge in [-0.2, -0.15) is 0 Å². The van der Waals surface area contributed by atoms with E-state index in [1.54, 1.807) is 36.7 Å². The first-order valence-corrected chi connectivity index (χ1v) is 18.3. The number of rotatable bonds is 9. The van der Waals surface area contributed by atoms with Crippen LogP contribution >= 0.6 is 23.2 Å². The van der Waals surface area contributed by atoms with Crippen LogP contribution in [0.4, 0.5) is 33.5 Å². The molecule has 0 aliphatic carbocycles. The normalized spacial score (nSPS) is 11.0. The average molecular weight is 808 g/mol. The van der Waals surface area contributed by atoms with Gasteiger partial charge < -0.3 is 37.3 Å². The number of hydrogen-bond donors (Lipinski definition) is 5. The predicted molar refractivity (Wildman–Crippen MR) is 234 cm³/mol. The summed E-state index contributed by atoms with van der Waals surface area (Å²) in [6.07, 6.45) is 5.11. The summed E-state index contributed by atoms with van der Waals surface area (Å²) in [6, 6.07) is 33.3. The molecule has 2 atom stereocenters. The minimum Gasteiger partial charge on any atom is -0.482 e. The molecule has 296 valence electrons. The van der Waals surface area contributed by atoms with Gasteiger partial charge in [0.2, 0.25) is 0 Å². The summed E-state index contributed by atoms with van der Waals surface area (Å²) in [4.78, 5) is 20.3. The number of anilines is 5. The number of aryl methyl sites for hydroxylation is 2. The fourth-order valence-corrected chi connectivity index (χ4v) is 5.54. The lowest BCUT2D eigenvalue weighted by atomic mass is 9.94. The number of halogens is 2. The number of benzene rings is 4. The molecule has 57 heavy (non-hydrogen) atoms. The standard InChI is InChI=1S/C21H21ClN4O2.C14H16ClN3.C8H7NO.CH4/c1-13-6-8-17(9-7-13)25-21(27)26-18-5-3-4-15(10-18)14(2)28-19-11-16(22)12-24-20(19)23;1-9(10-3-2-4-13(16)7-10)5-11-6-12(15)8-18-14(11)17;1-7-2-4-8(5-3-7)10-6-9;/h3-12,14H,1-2H3,(H2,23,24)(H2,25,26,27);2-4,6-9H,5,16H2,1H3,(H2,17,18);2-5H,1H3;1H4/t14-;9-;;/m10../s1. The Morgan fingerprint density at radius 2 is 1.33 bits per heavy atom. The van der Waals surface area contributed by atoms with Crippen molar-refractivity contribution in [1.29, 1.82) is 5.26 Å². The second-order valence-electron chi connectivity index (χ2n) is 12.8. The molecule has 0 fully saturated rings. The SMILES string of the molecule is C.C[C@@H](Cc1cc(Cl)cnc1N)c1cccc(N)c1.Cc1ccc(NC(=O)Nc2cccc([C@@H](C)Oc3cc(Cl)cnc3N)c2)cc1.Cc1ccc(OC#N)cc1. The lowest BCUT2D eigenvalue weighted by molar-refractivity contribution is 0.227. The zero-order chi connectivity index (χ0) is 40.6. The molecule has 0 radical (unpaired) electrons. The molecule has 0 unspecified atom stereocenters. The number of carbonyl (C=O) groups excluding carboxylic acids is 1. The van der Waals surface area contributed by atoms with E-state index in [0.29, 0.717) is 39.0 Å². The molecule has 0 bridgehead atoms. The first kappa shape index (κ1) is 44.9. The van der Waals surface area contributed by atoms with Gasteiger partial charge in [0.1, 0.15) is 17.7 Å². The quantitative estimate of drug-likeness (QED) is 0.0699. The summed E-state index contributed by atoms with van der Waals surface area (Å²) in [5.41, 5.74) is 24.9. The van der Waals surface area contributed by atoms with Gasteiger partial charge in [-0.05, 0) is 104 Å². The van der Waals surface area contributed by atoms with Crippen LogP contribution in [0.5, 0.6) is 11.5 Å². The Balaban J connectivity index is 0.000000256. The maximum Gasteiger partial charge on any atom is 0.323 e. The van der Waals surface area contributed by atoms with E-state index in [0.717, 1.165) is 40.0 Å². The summed E-state index contributed by atoms with van der Waals surface area (Å²) < 4.78 is 10.4. The Kier molecular flexibility index (Phi) is 17.5. The first-order valence-electron chi connectivity index (χ1n) is 17.5. The Hall–Kier alpha value is -6.48. The average Bonchev–Trinajstić information content (AvgIpc) is 3.17. The lowest BCUT2D eigenvalue weighted by Crippen LogP contribution is -2.19. The number of nitrogens with two attached hydrogens (primary N) is 3. The Morgan fingerprint density at radius 3 is 1.98 bits per heavy atom. The van der Waals surface area contributed by atoms with E-state index in [2.05, 4.69) is 38.3 Å². The van der Waals surface area contributed by atoms with Crippen molar-refractivity contribution in [3.63, 3.8) is 0 Å². The maximum atomic E-state index is 12.2. The molecule has 6 aromatic rings. The van der Waals surface area contributed by atoms with E-state index in [-0.39, 0.29) is 25.4 Å². The number of carbonyl (C=O) groups is 1. The van der Waals surface area contributed by atoms with Crippen LogP contribution in [0.25, 0.3) is 0 Å². The molecule has 2 heterocycles. The highest BCUT2D eigenvalue weighted by atomic mass is 35.5. The first-order chi connectivity index (χ1) is 26.8. The van der Waals surface area contributed by atoms with Gasteiger partial charge in [0.05, 0.1) is 10.0 Å². The third-order valence-corrected chi connectivity index (χ3v) is 8.65. The van der Waals surface area contributed by atoms with Crippen molar-refractivity contribution in [3.05, 3.63) is 159 Å². The molecule has 0 saturated heterocycles. The third-order valence-electron chi connectivity index (χ3n) is 8.23. The number of urea groups is 1. The number of aromatic nitrogens is 2. The van der Waals surface area contributed by atoms with Crippen LogP contribution < -0.4 is 37.3 Å². The largest absolute Gasteiger partial charge is 0.482 e. The topological polar surface area (TPSA) is 187 Å². The molecule has 0 aliphatic rings. The molecule has 11 nitrogen and oxygen atoms in total. The third kappa shape index (κ3) is 14.9. The van der Waals surface area contributed by atoms with E-state index in [1.807, 2.05) is 99.6 Å². The van der Waals surface area contributed by atoms with Gasteiger partial charge in [0, 0.05) is 35.5 Å². The Morgan fingerprint density at radius 1 is 0.754 bits per heavy atom. The molecule has 2 aromatic heterocycles. The number of ether oxygens (including phenoxy) is 2. The highest BCUT2D eigenvalue weighted by Gasteiger charge is 2.13. The number of hydrogen-bond acceptors (Lipinski definition) is 9. The fraction of sp³-hybridized carbons (Fsp3) is 0.182. The molecule has 2 amide bonds. The number of pyridine rings is 2. The monoisotopic (exact) mass is 806 g/mol. The summed E-state index contributed by atoms with van der Waals surface area (Å²) in [5, 5.41) is 14.8. The molecule has 8 N–H and O–H groups in total.